The van der Waals surface area contributed by atoms with E-state index in [1.165, 1.54) is 4.31 Å². The van der Waals surface area contributed by atoms with Crippen LogP contribution in [0.15, 0.2) is 38.2 Å². The van der Waals surface area contributed by atoms with E-state index in [1.54, 1.807) is 13.8 Å². The summed E-state index contributed by atoms with van der Waals surface area (Å²) in [5, 5.41) is 7.84. The molecule has 3 aromatic rings. The molecule has 10 heteroatoms. The second-order valence-electron chi connectivity index (χ2n) is 7.43. The van der Waals surface area contributed by atoms with Crippen LogP contribution >= 0.6 is 0 Å². The summed E-state index contributed by atoms with van der Waals surface area (Å²) in [5.41, 5.74) is 1.48. The average Bonchev–Trinajstić information content (AvgIpc) is 3.34. The van der Waals surface area contributed by atoms with E-state index < -0.39 is 16.1 Å². The molecule has 1 saturated heterocycles. The highest BCUT2D eigenvalue weighted by Gasteiger charge is 2.39. The van der Waals surface area contributed by atoms with Crippen molar-refractivity contribution in [2.75, 3.05) is 6.54 Å². The Balaban J connectivity index is 1.54. The maximum atomic E-state index is 13.3. The molecular weight excluding hydrogens is 408 g/mol. The predicted molar refractivity (Wildman–Crippen MR) is 106 cm³/mol. The molecule has 0 N–H and O–H groups in total. The smallest absolute Gasteiger partial charge is 0.264 e. The molecular formula is C20H24N4O5S. The van der Waals surface area contributed by atoms with E-state index in [0.717, 1.165) is 18.4 Å². The van der Waals surface area contributed by atoms with Crippen LogP contribution in [-0.2, 0) is 16.6 Å². The number of hydrogen-bond acceptors (Lipinski definition) is 8. The normalized spacial score (nSPS) is 17.9. The lowest BCUT2D eigenvalue weighted by Crippen LogP contribution is -2.39. The van der Waals surface area contributed by atoms with Crippen LogP contribution in [0.3, 0.4) is 0 Å². The van der Waals surface area contributed by atoms with Gasteiger partial charge in [-0.25, -0.2) is 8.42 Å². The Morgan fingerprint density at radius 2 is 1.87 bits per heavy atom. The molecule has 30 heavy (non-hydrogen) atoms. The quantitative estimate of drug-likeness (QED) is 0.582. The Morgan fingerprint density at radius 1 is 1.10 bits per heavy atom. The molecule has 3 heterocycles. The molecule has 2 aromatic heterocycles. The first-order valence-corrected chi connectivity index (χ1v) is 11.3. The van der Waals surface area contributed by atoms with Gasteiger partial charge in [-0.15, -0.1) is 0 Å². The molecule has 0 bridgehead atoms. The molecule has 1 fully saturated rings. The average molecular weight is 433 g/mol. The molecule has 0 saturated carbocycles. The third-order valence-corrected chi connectivity index (χ3v) is 7.31. The predicted octanol–water partition coefficient (Wildman–Crippen LogP) is 3.48. The third-order valence-electron chi connectivity index (χ3n) is 5.15. The number of benzene rings is 1. The van der Waals surface area contributed by atoms with Gasteiger partial charge in [-0.1, -0.05) is 34.4 Å². The van der Waals surface area contributed by atoms with Crippen molar-refractivity contribution >= 4 is 10.0 Å². The van der Waals surface area contributed by atoms with Crippen molar-refractivity contribution in [3.05, 3.63) is 53.0 Å². The Kier molecular flexibility index (Phi) is 5.61. The zero-order chi connectivity index (χ0) is 21.3. The minimum Gasteiger partial charge on any atom is -0.484 e. The molecule has 1 aromatic carbocycles. The standard InChI is InChI=1S/C20H24N4O5S/c1-13-7-9-16(10-8-13)27-12-18-21-20(23-29-18)17-6-4-5-11-24(17)30(25,26)19-14(2)22-28-15(19)3/h7-10,17H,4-6,11-12H2,1-3H3. The van der Waals surface area contributed by atoms with E-state index in [0.29, 0.717) is 36.1 Å². The van der Waals surface area contributed by atoms with Crippen molar-refractivity contribution in [2.24, 2.45) is 0 Å². The van der Waals surface area contributed by atoms with E-state index in [1.807, 2.05) is 31.2 Å². The number of hydrogen-bond donors (Lipinski definition) is 0. The van der Waals surface area contributed by atoms with Crippen molar-refractivity contribution in [1.29, 1.82) is 0 Å². The molecule has 0 radical (unpaired) electrons. The molecule has 1 aliphatic heterocycles. The minimum absolute atomic E-state index is 0.111. The maximum absolute atomic E-state index is 13.3. The summed E-state index contributed by atoms with van der Waals surface area (Å²) in [5.74, 6) is 1.61. The minimum atomic E-state index is -3.80. The Morgan fingerprint density at radius 3 is 2.57 bits per heavy atom. The number of aryl methyl sites for hydroxylation is 3. The fraction of sp³-hybridized carbons (Fsp3) is 0.450. The van der Waals surface area contributed by atoms with Crippen LogP contribution < -0.4 is 4.74 Å². The van der Waals surface area contributed by atoms with Gasteiger partial charge in [0.1, 0.15) is 16.3 Å². The lowest BCUT2D eigenvalue weighted by atomic mass is 10.0. The van der Waals surface area contributed by atoms with Crippen molar-refractivity contribution in [3.8, 4) is 5.75 Å². The SMILES string of the molecule is Cc1ccc(OCc2nc(C3CCCCN3S(=O)(=O)c3c(C)noc3C)no2)cc1. The number of piperidine rings is 1. The summed E-state index contributed by atoms with van der Waals surface area (Å²) in [7, 11) is -3.80. The van der Waals surface area contributed by atoms with Gasteiger partial charge in [-0.3, -0.25) is 0 Å². The van der Waals surface area contributed by atoms with Crippen LogP contribution in [0.4, 0.5) is 0 Å². The Bertz CT molecular complexity index is 1100. The monoisotopic (exact) mass is 432 g/mol. The third kappa shape index (κ3) is 3.97. The van der Waals surface area contributed by atoms with E-state index in [-0.39, 0.29) is 17.3 Å². The number of rotatable bonds is 6. The van der Waals surface area contributed by atoms with Crippen molar-refractivity contribution in [2.45, 2.75) is 57.6 Å². The van der Waals surface area contributed by atoms with Crippen LogP contribution in [0.5, 0.6) is 5.75 Å². The number of ether oxygens (including phenoxy) is 1. The molecule has 0 amide bonds. The first-order chi connectivity index (χ1) is 14.4. The van der Waals surface area contributed by atoms with Crippen molar-refractivity contribution in [1.82, 2.24) is 19.6 Å². The molecule has 1 unspecified atom stereocenters. The molecule has 0 aliphatic carbocycles. The molecule has 1 aliphatic rings. The zero-order valence-electron chi connectivity index (χ0n) is 17.2. The van der Waals surface area contributed by atoms with Crippen LogP contribution in [0.2, 0.25) is 0 Å². The van der Waals surface area contributed by atoms with Gasteiger partial charge in [-0.05, 0) is 45.7 Å². The largest absolute Gasteiger partial charge is 0.484 e. The summed E-state index contributed by atoms with van der Waals surface area (Å²) in [6.07, 6.45) is 2.25. The Hall–Kier alpha value is -2.72. The fourth-order valence-electron chi connectivity index (χ4n) is 3.65. The lowest BCUT2D eigenvalue weighted by Gasteiger charge is -2.32. The van der Waals surface area contributed by atoms with E-state index in [9.17, 15) is 8.42 Å². The summed E-state index contributed by atoms with van der Waals surface area (Å²) < 4.78 is 44.2. The van der Waals surface area contributed by atoms with Crippen LogP contribution in [0, 0.1) is 20.8 Å². The van der Waals surface area contributed by atoms with Crippen LogP contribution in [-0.4, -0.2) is 34.6 Å². The first-order valence-electron chi connectivity index (χ1n) is 9.83. The number of nitrogens with zero attached hydrogens (tertiary/aromatic N) is 4. The summed E-state index contributed by atoms with van der Waals surface area (Å²) in [4.78, 5) is 4.52. The molecule has 9 nitrogen and oxygen atoms in total. The van der Waals surface area contributed by atoms with Crippen LogP contribution in [0.1, 0.15) is 54.0 Å². The van der Waals surface area contributed by atoms with E-state index in [4.69, 9.17) is 13.8 Å². The van der Waals surface area contributed by atoms with Gasteiger partial charge in [0.25, 0.3) is 5.89 Å². The number of sulfonamides is 1. The first kappa shape index (κ1) is 20.5. The van der Waals surface area contributed by atoms with Crippen LogP contribution in [0.25, 0.3) is 0 Å². The molecule has 4 rings (SSSR count). The maximum Gasteiger partial charge on any atom is 0.264 e. The van der Waals surface area contributed by atoms with Gasteiger partial charge in [0.05, 0.1) is 6.04 Å². The topological polar surface area (TPSA) is 112 Å². The highest BCUT2D eigenvalue weighted by molar-refractivity contribution is 7.89. The van der Waals surface area contributed by atoms with E-state index in [2.05, 4.69) is 15.3 Å². The lowest BCUT2D eigenvalue weighted by molar-refractivity contribution is 0.231. The summed E-state index contributed by atoms with van der Waals surface area (Å²) in [6, 6.07) is 7.13. The van der Waals surface area contributed by atoms with E-state index >= 15 is 0 Å². The molecule has 1 atom stereocenters. The Labute approximate surface area is 175 Å². The van der Waals surface area contributed by atoms with Crippen molar-refractivity contribution in [3.63, 3.8) is 0 Å². The second kappa shape index (κ2) is 8.19. The second-order valence-corrected chi connectivity index (χ2v) is 9.26. The van der Waals surface area contributed by atoms with Gasteiger partial charge >= 0.3 is 0 Å². The van der Waals surface area contributed by atoms with Gasteiger partial charge in [0.15, 0.2) is 18.2 Å². The van der Waals surface area contributed by atoms with Gasteiger partial charge in [-0.2, -0.15) is 9.29 Å². The fourth-order valence-corrected chi connectivity index (χ4v) is 5.60. The highest BCUT2D eigenvalue weighted by Crippen LogP contribution is 2.36. The zero-order valence-corrected chi connectivity index (χ0v) is 18.0. The molecule has 160 valence electrons. The van der Waals surface area contributed by atoms with Gasteiger partial charge < -0.3 is 13.8 Å². The summed E-state index contributed by atoms with van der Waals surface area (Å²) in [6.45, 7) is 5.71. The van der Waals surface area contributed by atoms with Gasteiger partial charge in [0, 0.05) is 6.54 Å². The summed E-state index contributed by atoms with van der Waals surface area (Å²) >= 11 is 0. The number of aromatic nitrogens is 3. The molecule has 0 spiro atoms. The highest BCUT2D eigenvalue weighted by atomic mass is 32.2. The van der Waals surface area contributed by atoms with Gasteiger partial charge in [0.2, 0.25) is 10.0 Å². The van der Waals surface area contributed by atoms with Crippen molar-refractivity contribution < 1.29 is 22.2 Å².